The molecule has 1 aromatic carbocycles. The van der Waals surface area contributed by atoms with Gasteiger partial charge in [-0.25, -0.2) is 0 Å². The molecule has 1 aliphatic heterocycles. The van der Waals surface area contributed by atoms with E-state index in [-0.39, 0.29) is 25.1 Å². The van der Waals surface area contributed by atoms with Crippen LogP contribution in [0.2, 0.25) is 6.32 Å². The zero-order valence-electron chi connectivity index (χ0n) is 15.5. The van der Waals surface area contributed by atoms with E-state index in [2.05, 4.69) is 23.3 Å². The first kappa shape index (κ1) is 20.0. The molecule has 5 atom stereocenters. The average molecular weight is 429 g/mol. The lowest BCUT2D eigenvalue weighted by molar-refractivity contribution is -0.150. The predicted molar refractivity (Wildman–Crippen MR) is 111 cm³/mol. The predicted octanol–water partition coefficient (Wildman–Crippen LogP) is 4.72. The number of rotatable bonds is 6. The number of carbonyl (C=O) groups is 1. The molecular weight excluding hydrogens is 405 g/mol. The maximum atomic E-state index is 12.2. The summed E-state index contributed by atoms with van der Waals surface area (Å²) in [7, 11) is 1.99. The summed E-state index contributed by atoms with van der Waals surface area (Å²) in [5, 5.41) is 0. The van der Waals surface area contributed by atoms with Gasteiger partial charge in [0.25, 0.3) is 0 Å². The number of ketones is 1. The van der Waals surface area contributed by atoms with Gasteiger partial charge in [-0.2, -0.15) is 0 Å². The number of hydrogen-bond acceptors (Lipinski definition) is 4. The minimum absolute atomic E-state index is 0.208. The molecule has 0 amide bonds. The molecule has 1 saturated heterocycles. The Morgan fingerprint density at radius 1 is 1.37 bits per heavy atom. The van der Waals surface area contributed by atoms with Gasteiger partial charge in [0.1, 0.15) is 5.75 Å². The van der Waals surface area contributed by atoms with Crippen LogP contribution in [0.5, 0.6) is 5.75 Å². The molecule has 4 nitrogen and oxygen atoms in total. The average Bonchev–Trinajstić information content (AvgIpc) is 3.07. The van der Waals surface area contributed by atoms with Gasteiger partial charge in [-0.15, -0.1) is 0 Å². The molecule has 5 unspecified atom stereocenters. The number of halogens is 2. The Morgan fingerprint density at radius 3 is 2.81 bits per heavy atom. The van der Waals surface area contributed by atoms with Crippen LogP contribution in [0.3, 0.4) is 0 Å². The van der Waals surface area contributed by atoms with Crippen molar-refractivity contribution in [3.63, 3.8) is 0 Å². The van der Waals surface area contributed by atoms with Crippen molar-refractivity contribution in [3.05, 3.63) is 29.3 Å². The molecule has 4 fully saturated rings. The number of hydrogen-bond donors (Lipinski definition) is 0. The normalized spacial score (nSPS) is 30.8. The van der Waals surface area contributed by atoms with E-state index < -0.39 is 4.84 Å². The van der Waals surface area contributed by atoms with Crippen LogP contribution in [-0.4, -0.2) is 29.9 Å². The van der Waals surface area contributed by atoms with Crippen LogP contribution in [0.4, 0.5) is 0 Å². The van der Waals surface area contributed by atoms with Crippen LogP contribution in [-0.2, 0) is 15.7 Å². The van der Waals surface area contributed by atoms with Crippen LogP contribution >= 0.6 is 32.7 Å². The fourth-order valence-corrected chi connectivity index (χ4v) is 5.56. The van der Waals surface area contributed by atoms with E-state index in [0.29, 0.717) is 35.4 Å². The molecule has 0 radical (unpaired) electrons. The molecule has 4 aliphatic rings. The Balaban J connectivity index is 1.43. The van der Waals surface area contributed by atoms with Crippen LogP contribution in [0.1, 0.15) is 42.6 Å². The van der Waals surface area contributed by atoms with Crippen molar-refractivity contribution in [1.29, 1.82) is 0 Å². The van der Waals surface area contributed by atoms with Gasteiger partial charge in [-0.05, 0) is 54.5 Å². The van der Waals surface area contributed by atoms with Gasteiger partial charge in [-0.3, -0.25) is 4.79 Å². The Kier molecular flexibility index (Phi) is 5.55. The first-order chi connectivity index (χ1) is 12.8. The third-order valence-corrected chi connectivity index (χ3v) is 7.42. The highest BCUT2D eigenvalue weighted by Gasteiger charge is 2.61. The van der Waals surface area contributed by atoms with Crippen molar-refractivity contribution >= 4 is 45.6 Å². The smallest absolute Gasteiger partial charge is 0.457 e. The third-order valence-electron chi connectivity index (χ3n) is 6.79. The fraction of sp³-hybridized carbons (Fsp3) is 0.632. The maximum absolute atomic E-state index is 12.2. The van der Waals surface area contributed by atoms with Crippen LogP contribution in [0, 0.1) is 17.3 Å². The molecule has 5 rings (SSSR count). The molecule has 0 spiro atoms. The summed E-state index contributed by atoms with van der Waals surface area (Å²) in [5.41, 5.74) is 1.67. The molecule has 1 heterocycles. The Labute approximate surface area is 173 Å². The minimum Gasteiger partial charge on any atom is -0.479 e. The van der Waals surface area contributed by atoms with Crippen molar-refractivity contribution in [1.82, 2.24) is 0 Å². The van der Waals surface area contributed by atoms with E-state index in [1.54, 1.807) is 6.07 Å². The Bertz CT molecular complexity index is 744. The highest BCUT2D eigenvalue weighted by atomic mass is 35.5. The van der Waals surface area contributed by atoms with Gasteiger partial charge in [0, 0.05) is 0 Å². The molecular formula is C19H24BCl2O4P. The second kappa shape index (κ2) is 7.50. The van der Waals surface area contributed by atoms with E-state index in [0.717, 1.165) is 17.9 Å². The van der Waals surface area contributed by atoms with Crippen LogP contribution in [0.25, 0.3) is 0 Å². The Morgan fingerprint density at radius 2 is 2.15 bits per heavy atom. The first-order valence-electron chi connectivity index (χ1n) is 9.44. The van der Waals surface area contributed by atoms with Crippen LogP contribution in [0.15, 0.2) is 18.2 Å². The fourth-order valence-electron chi connectivity index (χ4n) is 5.05. The van der Waals surface area contributed by atoms with E-state index in [9.17, 15) is 4.79 Å². The summed E-state index contributed by atoms with van der Waals surface area (Å²) < 4.78 is 17.9. The zero-order chi connectivity index (χ0) is 19.3. The van der Waals surface area contributed by atoms with Gasteiger partial charge in [0.2, 0.25) is 0 Å². The van der Waals surface area contributed by atoms with Crippen molar-refractivity contribution in [2.24, 2.45) is 17.3 Å². The van der Waals surface area contributed by atoms with Crippen molar-refractivity contribution in [3.8, 4) is 5.75 Å². The summed E-state index contributed by atoms with van der Waals surface area (Å²) in [6, 6.07) is 5.43. The number of alkyl halides is 2. The minimum atomic E-state index is -1.11. The summed E-state index contributed by atoms with van der Waals surface area (Å²) in [6.07, 6.45) is 4.20. The molecule has 3 aliphatic carbocycles. The van der Waals surface area contributed by atoms with E-state index in [1.807, 2.05) is 12.1 Å². The molecule has 27 heavy (non-hydrogen) atoms. The number of aryl methyl sites for hydroxylation is 1. The van der Waals surface area contributed by atoms with Crippen molar-refractivity contribution in [2.45, 2.75) is 56.5 Å². The van der Waals surface area contributed by atoms with Gasteiger partial charge in [-0.1, -0.05) is 49.2 Å². The van der Waals surface area contributed by atoms with Crippen molar-refractivity contribution < 1.29 is 18.6 Å². The summed E-state index contributed by atoms with van der Waals surface area (Å²) in [5.74, 6) is 1.49. The zero-order valence-corrected chi connectivity index (χ0v) is 18.2. The standard InChI is InChI=1S/C19H24BCl2O4P/c1-19(2)11-8-13(19)17-14(9-11)24-20(25-17)7-6-10-4-3-5-12(16(10)26-27)15(23)18(21)22/h3-5,11,13-14,17-18H,6-9,27H2,1-2H3. The second-order valence-corrected chi connectivity index (χ2v) is 9.75. The molecule has 2 bridgehead atoms. The second-order valence-electron chi connectivity index (χ2n) is 8.42. The van der Waals surface area contributed by atoms with Gasteiger partial charge in [0.15, 0.2) is 10.6 Å². The lowest BCUT2D eigenvalue weighted by atomic mass is 9.47. The number of para-hydroxylation sites is 1. The molecule has 1 aromatic rings. The first-order valence-corrected chi connectivity index (χ1v) is 10.8. The SMILES string of the molecule is CC1(C)C2CC3OB(CCc4cccc(C(=O)C(Cl)Cl)c4OP)OC3C1C2. The lowest BCUT2D eigenvalue weighted by Crippen LogP contribution is -2.59. The van der Waals surface area contributed by atoms with Gasteiger partial charge < -0.3 is 13.8 Å². The van der Waals surface area contributed by atoms with Gasteiger partial charge >= 0.3 is 7.12 Å². The Hall–Kier alpha value is -0.315. The van der Waals surface area contributed by atoms with Crippen molar-refractivity contribution in [2.75, 3.05) is 0 Å². The number of Topliss-reactive ketones (excluding diaryl/α,β-unsaturated/α-hetero) is 1. The molecule has 3 saturated carbocycles. The largest absolute Gasteiger partial charge is 0.479 e. The lowest BCUT2D eigenvalue weighted by Gasteiger charge is -2.60. The summed E-state index contributed by atoms with van der Waals surface area (Å²) >= 11 is 11.5. The highest BCUT2D eigenvalue weighted by molar-refractivity contribution is 7.10. The monoisotopic (exact) mass is 428 g/mol. The van der Waals surface area contributed by atoms with E-state index in [1.165, 1.54) is 6.42 Å². The summed E-state index contributed by atoms with van der Waals surface area (Å²) in [6.45, 7) is 4.70. The quantitative estimate of drug-likeness (QED) is 0.284. The van der Waals surface area contributed by atoms with E-state index in [4.69, 9.17) is 37.0 Å². The maximum Gasteiger partial charge on any atom is 0.457 e. The summed E-state index contributed by atoms with van der Waals surface area (Å²) in [4.78, 5) is 11.1. The van der Waals surface area contributed by atoms with Crippen LogP contribution < -0.4 is 4.52 Å². The topological polar surface area (TPSA) is 44.8 Å². The molecule has 8 heteroatoms. The van der Waals surface area contributed by atoms with Gasteiger partial charge in [0.05, 0.1) is 27.2 Å². The molecule has 146 valence electrons. The molecule has 0 N–H and O–H groups in total. The molecule has 0 aromatic heterocycles. The van der Waals surface area contributed by atoms with E-state index >= 15 is 0 Å². The number of carbonyl (C=O) groups excluding carboxylic acids is 1. The third kappa shape index (κ3) is 3.44. The number of benzene rings is 1. The highest BCUT2D eigenvalue weighted by Crippen LogP contribution is 2.61.